The average Bonchev–Trinajstić information content (AvgIpc) is 3.08. The molecular formula is C24H21N3O6. The summed E-state index contributed by atoms with van der Waals surface area (Å²) in [6.07, 6.45) is 4.01. The van der Waals surface area contributed by atoms with Gasteiger partial charge in [0.25, 0.3) is 23.4 Å². The van der Waals surface area contributed by atoms with Gasteiger partial charge in [-0.25, -0.2) is 5.01 Å². The second kappa shape index (κ2) is 8.78. The van der Waals surface area contributed by atoms with Crippen LogP contribution in [0.15, 0.2) is 66.7 Å². The number of nitrogens with zero attached hydrogens (tertiary/aromatic N) is 3. The minimum Gasteiger partial charge on any atom is -0.292 e. The number of benzene rings is 2. The van der Waals surface area contributed by atoms with Crippen LogP contribution < -0.4 is 0 Å². The van der Waals surface area contributed by atoms with Crippen LogP contribution in [-0.4, -0.2) is 45.0 Å². The van der Waals surface area contributed by atoms with Crippen LogP contribution >= 0.6 is 0 Å². The van der Waals surface area contributed by atoms with Crippen molar-refractivity contribution in [3.05, 3.63) is 88.0 Å². The quantitative estimate of drug-likeness (QED) is 0.221. The standard InChI is InChI=1S/C24H21N3O6/c1-15-8-7-12-18-21(15)24(31)26(23(18)30)25(14-20(28)16-9-3-2-4-10-16)22(29)17-11-5-6-13-19(17)27(32)33/h2-11,13,15,18,21H,12,14H2,1H3/t15-,18-,21-/m1/s1. The maximum Gasteiger partial charge on any atom is 0.282 e. The van der Waals surface area contributed by atoms with Crippen molar-refractivity contribution in [1.29, 1.82) is 0 Å². The largest absolute Gasteiger partial charge is 0.292 e. The predicted molar refractivity (Wildman–Crippen MR) is 117 cm³/mol. The highest BCUT2D eigenvalue weighted by molar-refractivity contribution is 6.10. The van der Waals surface area contributed by atoms with Crippen molar-refractivity contribution in [1.82, 2.24) is 10.0 Å². The molecule has 0 N–H and O–H groups in total. The van der Waals surface area contributed by atoms with Gasteiger partial charge >= 0.3 is 0 Å². The summed E-state index contributed by atoms with van der Waals surface area (Å²) in [5, 5.41) is 13.0. The fraction of sp³-hybridized carbons (Fsp3) is 0.250. The van der Waals surface area contributed by atoms with Gasteiger partial charge in [-0.3, -0.25) is 29.3 Å². The highest BCUT2D eigenvalue weighted by Gasteiger charge is 2.53. The van der Waals surface area contributed by atoms with E-state index in [2.05, 4.69) is 0 Å². The lowest BCUT2D eigenvalue weighted by molar-refractivity contribution is -0.385. The van der Waals surface area contributed by atoms with E-state index >= 15 is 0 Å². The second-order valence-electron chi connectivity index (χ2n) is 8.07. The summed E-state index contributed by atoms with van der Waals surface area (Å²) in [6, 6.07) is 13.4. The van der Waals surface area contributed by atoms with Gasteiger partial charge in [-0.2, -0.15) is 5.01 Å². The Morgan fingerprint density at radius 2 is 1.73 bits per heavy atom. The molecule has 9 heteroatoms. The number of rotatable bonds is 6. The molecule has 0 unspecified atom stereocenters. The Labute approximate surface area is 189 Å². The van der Waals surface area contributed by atoms with Crippen molar-refractivity contribution in [3.8, 4) is 0 Å². The summed E-state index contributed by atoms with van der Waals surface area (Å²) in [7, 11) is 0. The van der Waals surface area contributed by atoms with Gasteiger partial charge in [-0.05, 0) is 18.4 Å². The van der Waals surface area contributed by atoms with Crippen molar-refractivity contribution in [3.63, 3.8) is 0 Å². The first-order valence-corrected chi connectivity index (χ1v) is 10.5. The van der Waals surface area contributed by atoms with Gasteiger partial charge in [0.05, 0.1) is 16.8 Å². The van der Waals surface area contributed by atoms with Gasteiger partial charge in [0.2, 0.25) is 0 Å². The van der Waals surface area contributed by atoms with E-state index in [1.165, 1.54) is 18.2 Å². The first-order valence-electron chi connectivity index (χ1n) is 10.5. The van der Waals surface area contributed by atoms with Crippen molar-refractivity contribution < 1.29 is 24.1 Å². The van der Waals surface area contributed by atoms with Gasteiger partial charge in [-0.1, -0.05) is 61.5 Å². The molecule has 9 nitrogen and oxygen atoms in total. The maximum absolute atomic E-state index is 13.5. The Kier molecular flexibility index (Phi) is 5.87. The maximum atomic E-state index is 13.5. The van der Waals surface area contributed by atoms with E-state index in [1.807, 2.05) is 19.1 Å². The first kappa shape index (κ1) is 22.1. The lowest BCUT2D eigenvalue weighted by Gasteiger charge is -2.30. The van der Waals surface area contributed by atoms with Crippen molar-refractivity contribution in [2.24, 2.45) is 17.8 Å². The van der Waals surface area contributed by atoms with Crippen LogP contribution in [0.25, 0.3) is 0 Å². The first-order chi connectivity index (χ1) is 15.8. The fourth-order valence-corrected chi connectivity index (χ4v) is 4.41. The van der Waals surface area contributed by atoms with E-state index in [1.54, 1.807) is 30.3 Å². The number of fused-ring (bicyclic) bond motifs is 1. The molecule has 0 saturated carbocycles. The summed E-state index contributed by atoms with van der Waals surface area (Å²) in [6.45, 7) is 1.19. The molecule has 0 bridgehead atoms. The number of allylic oxidation sites excluding steroid dienone is 2. The number of nitro benzene ring substituents is 1. The topological polar surface area (TPSA) is 118 Å². The Balaban J connectivity index is 1.76. The SMILES string of the molecule is C[C@@H]1C=CC[C@H]2C(=O)N(N(CC(=O)c3ccccc3)C(=O)c3ccccc3[N+](=O)[O-])C(=O)[C@H]12. The van der Waals surface area contributed by atoms with Crippen LogP contribution in [0.2, 0.25) is 0 Å². The van der Waals surface area contributed by atoms with Crippen molar-refractivity contribution >= 4 is 29.2 Å². The normalized spacial score (nSPS) is 21.6. The molecule has 1 aliphatic carbocycles. The number of ketones is 1. The molecule has 1 saturated heterocycles. The van der Waals surface area contributed by atoms with E-state index in [0.717, 1.165) is 16.1 Å². The molecule has 1 heterocycles. The van der Waals surface area contributed by atoms with Crippen molar-refractivity contribution in [2.75, 3.05) is 6.54 Å². The molecule has 33 heavy (non-hydrogen) atoms. The zero-order chi connectivity index (χ0) is 23.7. The number of para-hydroxylation sites is 1. The third kappa shape index (κ3) is 3.93. The minimum atomic E-state index is -0.965. The number of hydrogen-bond acceptors (Lipinski definition) is 6. The fourth-order valence-electron chi connectivity index (χ4n) is 4.41. The zero-order valence-corrected chi connectivity index (χ0v) is 17.8. The van der Waals surface area contributed by atoms with Gasteiger partial charge in [0.1, 0.15) is 12.1 Å². The van der Waals surface area contributed by atoms with Gasteiger partial charge in [0.15, 0.2) is 5.78 Å². The van der Waals surface area contributed by atoms with Gasteiger partial charge in [0, 0.05) is 11.6 Å². The van der Waals surface area contributed by atoms with Crippen LogP contribution in [0.1, 0.15) is 34.1 Å². The third-order valence-electron chi connectivity index (χ3n) is 6.05. The molecule has 1 aliphatic heterocycles. The van der Waals surface area contributed by atoms with E-state index in [-0.39, 0.29) is 17.0 Å². The Morgan fingerprint density at radius 3 is 2.39 bits per heavy atom. The molecule has 2 aromatic carbocycles. The Hall–Kier alpha value is -4.14. The number of imide groups is 1. The average molecular weight is 447 g/mol. The van der Waals surface area contributed by atoms with Crippen molar-refractivity contribution in [2.45, 2.75) is 13.3 Å². The van der Waals surface area contributed by atoms with E-state index in [0.29, 0.717) is 6.42 Å². The molecule has 168 valence electrons. The lowest BCUT2D eigenvalue weighted by Crippen LogP contribution is -2.52. The molecule has 0 radical (unpaired) electrons. The van der Waals surface area contributed by atoms with Crippen LogP contribution in [0.5, 0.6) is 0 Å². The monoisotopic (exact) mass is 447 g/mol. The molecule has 3 atom stereocenters. The second-order valence-corrected chi connectivity index (χ2v) is 8.07. The highest BCUT2D eigenvalue weighted by atomic mass is 16.6. The molecule has 2 aromatic rings. The van der Waals surface area contributed by atoms with E-state index < -0.39 is 52.5 Å². The van der Waals surface area contributed by atoms with Crippen LogP contribution in [0.4, 0.5) is 5.69 Å². The summed E-state index contributed by atoms with van der Waals surface area (Å²) in [5.41, 5.74) is -0.513. The highest BCUT2D eigenvalue weighted by Crippen LogP contribution is 2.39. The zero-order valence-electron chi connectivity index (χ0n) is 17.8. The summed E-state index contributed by atoms with van der Waals surface area (Å²) in [5.74, 6) is -4.18. The minimum absolute atomic E-state index is 0.224. The number of carbonyl (C=O) groups excluding carboxylic acids is 4. The molecule has 2 aliphatic rings. The van der Waals surface area contributed by atoms with E-state index in [9.17, 15) is 29.3 Å². The summed E-state index contributed by atoms with van der Waals surface area (Å²) in [4.78, 5) is 63.8. The number of hydrazine groups is 1. The number of hydrogen-bond donors (Lipinski definition) is 0. The summed E-state index contributed by atoms with van der Waals surface area (Å²) < 4.78 is 0. The number of amides is 3. The number of Topliss-reactive ketones (excluding diaryl/α,β-unsaturated/α-hetero) is 1. The summed E-state index contributed by atoms with van der Waals surface area (Å²) >= 11 is 0. The Bertz CT molecular complexity index is 1180. The smallest absolute Gasteiger partial charge is 0.282 e. The van der Waals surface area contributed by atoms with Crippen LogP contribution in [0.3, 0.4) is 0 Å². The number of nitro groups is 1. The molecule has 4 rings (SSSR count). The van der Waals surface area contributed by atoms with Gasteiger partial charge in [-0.15, -0.1) is 0 Å². The molecule has 3 amide bonds. The molecule has 1 fully saturated rings. The Morgan fingerprint density at radius 1 is 1.06 bits per heavy atom. The van der Waals surface area contributed by atoms with Gasteiger partial charge < -0.3 is 0 Å². The predicted octanol–water partition coefficient (Wildman–Crippen LogP) is 3.03. The molecule has 0 aromatic heterocycles. The van der Waals surface area contributed by atoms with E-state index in [4.69, 9.17) is 0 Å². The lowest BCUT2D eigenvalue weighted by atomic mass is 9.78. The molecular weight excluding hydrogens is 426 g/mol. The third-order valence-corrected chi connectivity index (χ3v) is 6.05. The van der Waals surface area contributed by atoms with Crippen LogP contribution in [-0.2, 0) is 9.59 Å². The van der Waals surface area contributed by atoms with Crippen LogP contribution in [0, 0.1) is 27.9 Å². The molecule has 0 spiro atoms. The number of carbonyl (C=O) groups is 4.